The summed E-state index contributed by atoms with van der Waals surface area (Å²) in [6.07, 6.45) is -0.329. The SMILES string of the molecule is C[NH2+]C[C@@H](O)Cn1c2ccccc2c2ccccc21. The third-order valence-corrected chi connectivity index (χ3v) is 3.58. The maximum Gasteiger partial charge on any atom is 0.121 e. The van der Waals surface area contributed by atoms with Crippen LogP contribution in [0.2, 0.25) is 0 Å². The van der Waals surface area contributed by atoms with Crippen LogP contribution in [-0.2, 0) is 6.54 Å². The molecule has 3 aromatic rings. The zero-order valence-corrected chi connectivity index (χ0v) is 11.1. The second-order valence-corrected chi connectivity index (χ2v) is 4.94. The minimum atomic E-state index is -0.329. The lowest BCUT2D eigenvalue weighted by Crippen LogP contribution is -2.82. The molecule has 3 heteroatoms. The van der Waals surface area contributed by atoms with Crippen molar-refractivity contribution in [1.29, 1.82) is 0 Å². The number of quaternary nitrogens is 1. The van der Waals surface area contributed by atoms with Crippen LogP contribution in [0.5, 0.6) is 0 Å². The standard InChI is InChI=1S/C16H18N2O/c1-17-10-12(19)11-18-15-8-4-2-6-13(15)14-7-3-5-9-16(14)18/h2-9,12,17,19H,10-11H2,1H3/p+1/t12-/m1/s1. The van der Waals surface area contributed by atoms with Crippen LogP contribution in [0.15, 0.2) is 48.5 Å². The van der Waals surface area contributed by atoms with Crippen LogP contribution in [0.1, 0.15) is 0 Å². The molecule has 0 amide bonds. The molecule has 3 N–H and O–H groups in total. The smallest absolute Gasteiger partial charge is 0.121 e. The molecule has 0 radical (unpaired) electrons. The number of aliphatic hydroxyl groups is 1. The highest BCUT2D eigenvalue weighted by Gasteiger charge is 2.13. The third-order valence-electron chi connectivity index (χ3n) is 3.58. The Morgan fingerprint density at radius 2 is 1.53 bits per heavy atom. The zero-order valence-electron chi connectivity index (χ0n) is 11.1. The van der Waals surface area contributed by atoms with Gasteiger partial charge in [0, 0.05) is 21.8 Å². The van der Waals surface area contributed by atoms with E-state index in [0.29, 0.717) is 6.54 Å². The van der Waals surface area contributed by atoms with E-state index in [1.807, 2.05) is 12.4 Å². The van der Waals surface area contributed by atoms with E-state index in [-0.39, 0.29) is 6.10 Å². The number of aliphatic hydroxyl groups excluding tert-OH is 1. The van der Waals surface area contributed by atoms with Gasteiger partial charge in [-0.15, -0.1) is 0 Å². The van der Waals surface area contributed by atoms with Crippen LogP contribution in [0, 0.1) is 0 Å². The number of hydrogen-bond donors (Lipinski definition) is 2. The van der Waals surface area contributed by atoms with Gasteiger partial charge in [0.2, 0.25) is 0 Å². The monoisotopic (exact) mass is 255 g/mol. The van der Waals surface area contributed by atoms with Gasteiger partial charge in [-0.3, -0.25) is 0 Å². The number of rotatable bonds is 4. The highest BCUT2D eigenvalue weighted by Crippen LogP contribution is 2.28. The summed E-state index contributed by atoms with van der Waals surface area (Å²) >= 11 is 0. The minimum Gasteiger partial charge on any atom is -0.385 e. The predicted octanol–water partition coefficient (Wildman–Crippen LogP) is 1.35. The topological polar surface area (TPSA) is 41.8 Å². The molecular weight excluding hydrogens is 236 g/mol. The second kappa shape index (κ2) is 5.03. The van der Waals surface area contributed by atoms with Crippen molar-refractivity contribution in [2.24, 2.45) is 0 Å². The molecule has 0 saturated carbocycles. The number of benzene rings is 2. The lowest BCUT2D eigenvalue weighted by atomic mass is 10.2. The summed E-state index contributed by atoms with van der Waals surface area (Å²) in [6.45, 7) is 1.36. The van der Waals surface area contributed by atoms with E-state index in [1.165, 1.54) is 21.8 Å². The van der Waals surface area contributed by atoms with E-state index in [4.69, 9.17) is 0 Å². The molecule has 1 heterocycles. The minimum absolute atomic E-state index is 0.329. The van der Waals surface area contributed by atoms with Gasteiger partial charge in [0.05, 0.1) is 13.6 Å². The fraction of sp³-hybridized carbons (Fsp3) is 0.250. The Morgan fingerprint density at radius 3 is 2.05 bits per heavy atom. The second-order valence-electron chi connectivity index (χ2n) is 4.94. The fourth-order valence-electron chi connectivity index (χ4n) is 2.76. The first-order valence-corrected chi connectivity index (χ1v) is 6.73. The molecule has 2 aromatic carbocycles. The van der Waals surface area contributed by atoms with E-state index in [0.717, 1.165) is 6.54 Å². The van der Waals surface area contributed by atoms with Crippen LogP contribution in [0.4, 0.5) is 0 Å². The molecule has 1 aromatic heterocycles. The molecule has 0 unspecified atom stereocenters. The third kappa shape index (κ3) is 2.11. The average molecular weight is 255 g/mol. The van der Waals surface area contributed by atoms with Gasteiger partial charge < -0.3 is 15.0 Å². The Kier molecular flexibility index (Phi) is 3.23. The van der Waals surface area contributed by atoms with Gasteiger partial charge in [0.15, 0.2) is 0 Å². The molecule has 19 heavy (non-hydrogen) atoms. The van der Waals surface area contributed by atoms with Crippen molar-refractivity contribution in [3.63, 3.8) is 0 Å². The number of para-hydroxylation sites is 2. The first-order valence-electron chi connectivity index (χ1n) is 6.73. The van der Waals surface area contributed by atoms with Crippen LogP contribution in [0.3, 0.4) is 0 Å². The van der Waals surface area contributed by atoms with Crippen LogP contribution < -0.4 is 5.32 Å². The van der Waals surface area contributed by atoms with Crippen molar-refractivity contribution in [2.75, 3.05) is 13.6 Å². The van der Waals surface area contributed by atoms with Crippen molar-refractivity contribution in [2.45, 2.75) is 12.6 Å². The molecule has 0 aliphatic heterocycles. The Hall–Kier alpha value is -1.84. The molecule has 0 bridgehead atoms. The largest absolute Gasteiger partial charge is 0.385 e. The highest BCUT2D eigenvalue weighted by molar-refractivity contribution is 6.07. The van der Waals surface area contributed by atoms with Crippen LogP contribution in [0.25, 0.3) is 21.8 Å². The number of nitrogens with two attached hydrogens (primary N) is 1. The number of likely N-dealkylation sites (N-methyl/N-ethyl adjacent to an activating group) is 1. The van der Waals surface area contributed by atoms with E-state index >= 15 is 0 Å². The number of fused-ring (bicyclic) bond motifs is 3. The van der Waals surface area contributed by atoms with E-state index < -0.39 is 0 Å². The van der Waals surface area contributed by atoms with Crippen molar-refractivity contribution < 1.29 is 10.4 Å². The van der Waals surface area contributed by atoms with E-state index in [2.05, 4.69) is 53.1 Å². The van der Waals surface area contributed by atoms with Gasteiger partial charge in [-0.1, -0.05) is 36.4 Å². The number of aromatic nitrogens is 1. The quantitative estimate of drug-likeness (QED) is 0.726. The number of hydrogen-bond acceptors (Lipinski definition) is 1. The Morgan fingerprint density at radius 1 is 1.00 bits per heavy atom. The Balaban J connectivity index is 2.19. The van der Waals surface area contributed by atoms with Gasteiger partial charge in [-0.2, -0.15) is 0 Å². The van der Waals surface area contributed by atoms with Gasteiger partial charge in [-0.25, -0.2) is 0 Å². The summed E-state index contributed by atoms with van der Waals surface area (Å²) in [5, 5.41) is 14.6. The van der Waals surface area contributed by atoms with Crippen molar-refractivity contribution >= 4 is 21.8 Å². The van der Waals surface area contributed by atoms with Crippen molar-refractivity contribution in [3.8, 4) is 0 Å². The molecule has 3 rings (SSSR count). The first-order chi connectivity index (χ1) is 9.31. The summed E-state index contributed by atoms with van der Waals surface area (Å²) in [6, 6.07) is 16.8. The molecule has 0 aliphatic carbocycles. The van der Waals surface area contributed by atoms with E-state index in [9.17, 15) is 5.11 Å². The van der Waals surface area contributed by atoms with Gasteiger partial charge in [0.1, 0.15) is 12.6 Å². The lowest BCUT2D eigenvalue weighted by molar-refractivity contribution is -0.634. The summed E-state index contributed by atoms with van der Waals surface area (Å²) in [5.74, 6) is 0. The molecule has 0 spiro atoms. The summed E-state index contributed by atoms with van der Waals surface area (Å²) in [5.41, 5.74) is 2.39. The molecule has 0 aliphatic rings. The number of nitrogens with zero attached hydrogens (tertiary/aromatic N) is 1. The summed E-state index contributed by atoms with van der Waals surface area (Å²) < 4.78 is 2.22. The normalized spacial score (nSPS) is 13.2. The van der Waals surface area contributed by atoms with Gasteiger partial charge in [0.25, 0.3) is 0 Å². The molecular formula is C16H19N2O+. The molecule has 3 nitrogen and oxygen atoms in total. The van der Waals surface area contributed by atoms with Crippen molar-refractivity contribution in [1.82, 2.24) is 4.57 Å². The summed E-state index contributed by atoms with van der Waals surface area (Å²) in [4.78, 5) is 0. The molecule has 0 saturated heterocycles. The zero-order chi connectivity index (χ0) is 13.2. The maximum absolute atomic E-state index is 10.1. The van der Waals surface area contributed by atoms with Crippen LogP contribution in [-0.4, -0.2) is 29.4 Å². The fourth-order valence-corrected chi connectivity index (χ4v) is 2.76. The lowest BCUT2D eigenvalue weighted by Gasteiger charge is -2.11. The highest BCUT2D eigenvalue weighted by atomic mass is 16.3. The van der Waals surface area contributed by atoms with Gasteiger partial charge in [-0.05, 0) is 12.1 Å². The first kappa shape index (κ1) is 12.2. The molecule has 1 atom stereocenters. The predicted molar refractivity (Wildman–Crippen MR) is 78.2 cm³/mol. The molecule has 98 valence electrons. The van der Waals surface area contributed by atoms with Gasteiger partial charge >= 0.3 is 0 Å². The van der Waals surface area contributed by atoms with Crippen LogP contribution >= 0.6 is 0 Å². The Labute approximate surface area is 112 Å². The summed E-state index contributed by atoms with van der Waals surface area (Å²) in [7, 11) is 1.98. The maximum atomic E-state index is 10.1. The van der Waals surface area contributed by atoms with E-state index in [1.54, 1.807) is 0 Å². The van der Waals surface area contributed by atoms with Crippen molar-refractivity contribution in [3.05, 3.63) is 48.5 Å². The Bertz CT molecular complexity index is 649. The molecule has 0 fully saturated rings. The average Bonchev–Trinajstić information content (AvgIpc) is 2.75.